The van der Waals surface area contributed by atoms with Gasteiger partial charge in [0.15, 0.2) is 0 Å². The number of rotatable bonds is 4. The van der Waals surface area contributed by atoms with E-state index in [-0.39, 0.29) is 0 Å². The average Bonchev–Trinajstić information content (AvgIpc) is 3.00. The lowest BCUT2D eigenvalue weighted by Crippen LogP contribution is -2.02. The van der Waals surface area contributed by atoms with Crippen LogP contribution in [0.25, 0.3) is 10.2 Å². The number of thiophene rings is 1. The van der Waals surface area contributed by atoms with Crippen LogP contribution >= 0.6 is 22.9 Å². The van der Waals surface area contributed by atoms with Crippen LogP contribution in [0.3, 0.4) is 0 Å². The van der Waals surface area contributed by atoms with Crippen molar-refractivity contribution in [3.05, 3.63) is 81.4 Å². The molecule has 0 spiro atoms. The van der Waals surface area contributed by atoms with Crippen molar-refractivity contribution in [3.8, 4) is 0 Å². The normalized spacial score (nSPS) is 11.0. The number of hydrogen-bond acceptors (Lipinski definition) is 4. The molecule has 2 heterocycles. The molecule has 0 fully saturated rings. The molecule has 0 radical (unpaired) electrons. The number of halogens is 1. The molecule has 0 unspecified atom stereocenters. The topological polar surface area (TPSA) is 37.8 Å². The number of hydrogen-bond donors (Lipinski definition) is 1. The number of aryl methyl sites for hydroxylation is 1. The fraction of sp³-hybridized carbons (Fsp3) is 0.143. The summed E-state index contributed by atoms with van der Waals surface area (Å²) >= 11 is 7.96. The van der Waals surface area contributed by atoms with Gasteiger partial charge < -0.3 is 5.32 Å². The van der Waals surface area contributed by atoms with Gasteiger partial charge in [0.1, 0.15) is 16.5 Å². The van der Waals surface area contributed by atoms with Gasteiger partial charge in [0.05, 0.1) is 5.39 Å². The fourth-order valence-electron chi connectivity index (χ4n) is 2.91. The number of fused-ring (bicyclic) bond motifs is 1. The van der Waals surface area contributed by atoms with Crippen LogP contribution in [0.5, 0.6) is 0 Å². The molecule has 0 bridgehead atoms. The molecule has 0 aliphatic rings. The molecule has 1 N–H and O–H groups in total. The minimum absolute atomic E-state index is 0.705. The van der Waals surface area contributed by atoms with Crippen LogP contribution in [-0.2, 0) is 6.42 Å². The summed E-state index contributed by atoms with van der Waals surface area (Å²) in [4.78, 5) is 11.8. The Morgan fingerprint density at radius 2 is 1.81 bits per heavy atom. The Labute approximate surface area is 161 Å². The van der Waals surface area contributed by atoms with Crippen LogP contribution in [0.4, 0.5) is 11.5 Å². The number of anilines is 2. The van der Waals surface area contributed by atoms with E-state index >= 15 is 0 Å². The van der Waals surface area contributed by atoms with Crippen molar-refractivity contribution in [2.45, 2.75) is 20.3 Å². The van der Waals surface area contributed by atoms with Crippen LogP contribution in [-0.4, -0.2) is 9.97 Å². The molecule has 3 nitrogen and oxygen atoms in total. The molecule has 5 heteroatoms. The zero-order chi connectivity index (χ0) is 18.1. The third-order valence-corrected chi connectivity index (χ3v) is 5.64. The van der Waals surface area contributed by atoms with Gasteiger partial charge in [-0.3, -0.25) is 0 Å². The molecule has 0 saturated carbocycles. The molecule has 4 rings (SSSR count). The summed E-state index contributed by atoms with van der Waals surface area (Å²) in [5, 5.41) is 5.25. The van der Waals surface area contributed by atoms with E-state index in [0.717, 1.165) is 38.1 Å². The second kappa shape index (κ2) is 7.06. The van der Waals surface area contributed by atoms with Crippen molar-refractivity contribution < 1.29 is 0 Å². The van der Waals surface area contributed by atoms with Gasteiger partial charge in [0.25, 0.3) is 0 Å². The van der Waals surface area contributed by atoms with Crippen LogP contribution in [0.2, 0.25) is 5.02 Å². The SMILES string of the molecule is Cc1cc2c(Nc3cccc(Cl)c3C)nc(Cc3ccccc3)nc2s1. The second-order valence-corrected chi connectivity index (χ2v) is 7.91. The standard InChI is InChI=1S/C21H18ClN3S/c1-13-11-16-20(23-18-10-6-9-17(22)14(18)2)24-19(25-21(16)26-13)12-15-7-4-3-5-8-15/h3-11H,12H2,1-2H3,(H,23,24,25). The number of nitrogens with zero attached hydrogens (tertiary/aromatic N) is 2. The minimum atomic E-state index is 0.705. The maximum atomic E-state index is 6.27. The van der Waals surface area contributed by atoms with Gasteiger partial charge in [-0.2, -0.15) is 0 Å². The monoisotopic (exact) mass is 379 g/mol. The number of nitrogens with one attached hydrogen (secondary N) is 1. The van der Waals surface area contributed by atoms with E-state index in [1.165, 1.54) is 10.4 Å². The lowest BCUT2D eigenvalue weighted by atomic mass is 10.1. The molecule has 4 aromatic rings. The quantitative estimate of drug-likeness (QED) is 0.452. The molecular formula is C21H18ClN3S. The maximum Gasteiger partial charge on any atom is 0.142 e. The van der Waals surface area contributed by atoms with Gasteiger partial charge in [-0.05, 0) is 43.2 Å². The lowest BCUT2D eigenvalue weighted by Gasteiger charge is -2.12. The first-order valence-electron chi connectivity index (χ1n) is 8.43. The van der Waals surface area contributed by atoms with Crippen LogP contribution < -0.4 is 5.32 Å². The van der Waals surface area contributed by atoms with Gasteiger partial charge in [-0.15, -0.1) is 11.3 Å². The zero-order valence-corrected chi connectivity index (χ0v) is 16.2. The molecule has 0 amide bonds. The fourth-order valence-corrected chi connectivity index (χ4v) is 3.98. The summed E-state index contributed by atoms with van der Waals surface area (Å²) in [5.74, 6) is 1.64. The van der Waals surface area contributed by atoms with Crippen molar-refractivity contribution in [1.82, 2.24) is 9.97 Å². The van der Waals surface area contributed by atoms with Crippen molar-refractivity contribution in [1.29, 1.82) is 0 Å². The van der Waals surface area contributed by atoms with Gasteiger partial charge >= 0.3 is 0 Å². The number of benzene rings is 2. The van der Waals surface area contributed by atoms with E-state index in [1.54, 1.807) is 11.3 Å². The van der Waals surface area contributed by atoms with Crippen LogP contribution in [0, 0.1) is 13.8 Å². The van der Waals surface area contributed by atoms with E-state index in [1.807, 2.05) is 43.3 Å². The highest BCUT2D eigenvalue weighted by Crippen LogP contribution is 2.32. The Kier molecular flexibility index (Phi) is 4.62. The maximum absolute atomic E-state index is 6.27. The van der Waals surface area contributed by atoms with Crippen molar-refractivity contribution in [2.75, 3.05) is 5.32 Å². The predicted octanol–water partition coefficient (Wildman–Crippen LogP) is 6.30. The molecule has 0 saturated heterocycles. The number of aromatic nitrogens is 2. The summed E-state index contributed by atoms with van der Waals surface area (Å²) < 4.78 is 0. The Morgan fingerprint density at radius 3 is 2.62 bits per heavy atom. The molecule has 2 aromatic heterocycles. The third kappa shape index (κ3) is 3.43. The first-order valence-corrected chi connectivity index (χ1v) is 9.63. The van der Waals surface area contributed by atoms with Crippen LogP contribution in [0.1, 0.15) is 21.8 Å². The van der Waals surface area contributed by atoms with E-state index in [4.69, 9.17) is 21.6 Å². The summed E-state index contributed by atoms with van der Waals surface area (Å²) in [6, 6.07) is 18.3. The predicted molar refractivity (Wildman–Crippen MR) is 111 cm³/mol. The summed E-state index contributed by atoms with van der Waals surface area (Å²) in [5.41, 5.74) is 3.18. The van der Waals surface area contributed by atoms with Gasteiger partial charge in [-0.1, -0.05) is 48.0 Å². The largest absolute Gasteiger partial charge is 0.339 e. The Morgan fingerprint density at radius 1 is 1.00 bits per heavy atom. The molecule has 0 aliphatic heterocycles. The lowest BCUT2D eigenvalue weighted by molar-refractivity contribution is 0.999. The van der Waals surface area contributed by atoms with Crippen LogP contribution in [0.15, 0.2) is 54.6 Å². The first kappa shape index (κ1) is 17.0. The van der Waals surface area contributed by atoms with Gasteiger partial charge in [0.2, 0.25) is 0 Å². The highest BCUT2D eigenvalue weighted by atomic mass is 35.5. The Bertz CT molecular complexity index is 1070. The zero-order valence-electron chi connectivity index (χ0n) is 14.6. The average molecular weight is 380 g/mol. The summed E-state index contributed by atoms with van der Waals surface area (Å²) in [6.07, 6.45) is 0.705. The van der Waals surface area contributed by atoms with E-state index < -0.39 is 0 Å². The molecule has 130 valence electrons. The first-order chi connectivity index (χ1) is 12.6. The van der Waals surface area contributed by atoms with Crippen molar-refractivity contribution in [2.24, 2.45) is 0 Å². The minimum Gasteiger partial charge on any atom is -0.339 e. The van der Waals surface area contributed by atoms with Crippen molar-refractivity contribution in [3.63, 3.8) is 0 Å². The summed E-state index contributed by atoms with van der Waals surface area (Å²) in [7, 11) is 0. The van der Waals surface area contributed by atoms with Gasteiger partial charge in [0, 0.05) is 22.0 Å². The highest BCUT2D eigenvalue weighted by Gasteiger charge is 2.13. The van der Waals surface area contributed by atoms with E-state index in [2.05, 4.69) is 30.4 Å². The molecule has 2 aromatic carbocycles. The molecular weight excluding hydrogens is 362 g/mol. The smallest absolute Gasteiger partial charge is 0.142 e. The van der Waals surface area contributed by atoms with Crippen molar-refractivity contribution >= 4 is 44.7 Å². The molecule has 26 heavy (non-hydrogen) atoms. The third-order valence-electron chi connectivity index (χ3n) is 4.29. The Balaban J connectivity index is 1.78. The molecule has 0 atom stereocenters. The Hall–Kier alpha value is -2.43. The summed E-state index contributed by atoms with van der Waals surface area (Å²) in [6.45, 7) is 4.10. The van der Waals surface area contributed by atoms with Gasteiger partial charge in [-0.25, -0.2) is 9.97 Å². The molecule has 0 aliphatic carbocycles. The highest BCUT2D eigenvalue weighted by molar-refractivity contribution is 7.18. The second-order valence-electron chi connectivity index (χ2n) is 6.26. The van der Waals surface area contributed by atoms with E-state index in [0.29, 0.717) is 6.42 Å². The van der Waals surface area contributed by atoms with E-state index in [9.17, 15) is 0 Å².